The van der Waals surface area contributed by atoms with E-state index in [9.17, 15) is 14.7 Å². The monoisotopic (exact) mass is 347 g/mol. The Hall–Kier alpha value is -1.70. The van der Waals surface area contributed by atoms with E-state index in [0.29, 0.717) is 32.7 Å². The minimum Gasteiger partial charge on any atom is -0.387 e. The lowest BCUT2D eigenvalue weighted by Crippen LogP contribution is -2.49. The van der Waals surface area contributed by atoms with E-state index in [-0.39, 0.29) is 23.6 Å². The summed E-state index contributed by atoms with van der Waals surface area (Å²) >= 11 is 0. The van der Waals surface area contributed by atoms with Crippen LogP contribution in [-0.4, -0.2) is 77.3 Å². The Balaban J connectivity index is 1.46. The molecule has 1 aliphatic carbocycles. The number of aryl methyl sites for hydroxylation is 2. The molecule has 0 unspecified atom stereocenters. The van der Waals surface area contributed by atoms with Gasteiger partial charge in [0.05, 0.1) is 25.4 Å². The van der Waals surface area contributed by atoms with Crippen LogP contribution in [0.3, 0.4) is 0 Å². The topological polar surface area (TPSA) is 85.9 Å². The Morgan fingerprint density at radius 2 is 2.08 bits per heavy atom. The van der Waals surface area contributed by atoms with Gasteiger partial charge in [-0.2, -0.15) is 0 Å². The summed E-state index contributed by atoms with van der Waals surface area (Å²) in [5.41, 5.74) is 1.03. The number of H-pyrrole nitrogens is 1. The van der Waals surface area contributed by atoms with Crippen LogP contribution in [0.5, 0.6) is 0 Å². The molecular formula is C18H25N3O4. The molecule has 2 saturated heterocycles. The van der Waals surface area contributed by atoms with E-state index < -0.39 is 5.60 Å². The highest BCUT2D eigenvalue weighted by Crippen LogP contribution is 2.25. The zero-order valence-corrected chi connectivity index (χ0v) is 14.4. The number of aliphatic hydroxyl groups is 1. The average molecular weight is 347 g/mol. The number of carbonyl (C=O) groups excluding carboxylic acids is 1. The Labute approximate surface area is 146 Å². The van der Waals surface area contributed by atoms with E-state index in [1.165, 1.54) is 0 Å². The molecule has 2 N–H and O–H groups in total. The van der Waals surface area contributed by atoms with Crippen LogP contribution in [0.25, 0.3) is 0 Å². The number of fused-ring (bicyclic) bond motifs is 1. The van der Waals surface area contributed by atoms with Crippen LogP contribution in [-0.2, 0) is 17.6 Å². The smallest absolute Gasteiger partial charge is 0.261 e. The van der Waals surface area contributed by atoms with Crippen molar-refractivity contribution in [2.45, 2.75) is 31.3 Å². The number of pyridine rings is 1. The lowest BCUT2D eigenvalue weighted by atomic mass is 10.0. The fraction of sp³-hybridized carbons (Fsp3) is 0.667. The SMILES string of the molecule is O=C(c1cc2c([nH]c1=O)CCC2)N1CC[C@@](O)(CN2CCOCC2)C1. The van der Waals surface area contributed by atoms with Crippen LogP contribution in [0.15, 0.2) is 10.9 Å². The van der Waals surface area contributed by atoms with Crippen LogP contribution in [0, 0.1) is 0 Å². The highest BCUT2D eigenvalue weighted by atomic mass is 16.5. The molecule has 0 aromatic carbocycles. The summed E-state index contributed by atoms with van der Waals surface area (Å²) in [6.07, 6.45) is 3.35. The second-order valence-corrected chi connectivity index (χ2v) is 7.46. The van der Waals surface area contributed by atoms with Crippen LogP contribution in [0.2, 0.25) is 0 Å². The number of β-amino-alcohol motifs (C(OH)–C–C–N with tert-alkyl or cyclic N) is 1. The lowest BCUT2D eigenvalue weighted by molar-refractivity contribution is -0.0257. The second kappa shape index (κ2) is 6.55. The number of hydrogen-bond acceptors (Lipinski definition) is 5. The van der Waals surface area contributed by atoms with Crippen molar-refractivity contribution in [2.75, 3.05) is 45.9 Å². The molecule has 7 heteroatoms. The Morgan fingerprint density at radius 1 is 1.28 bits per heavy atom. The molecule has 0 radical (unpaired) electrons. The van der Waals surface area contributed by atoms with E-state index in [2.05, 4.69) is 9.88 Å². The summed E-state index contributed by atoms with van der Waals surface area (Å²) in [7, 11) is 0. The number of ether oxygens (including phenoxy) is 1. The number of morpholine rings is 1. The Kier molecular flexibility index (Phi) is 4.39. The molecule has 0 saturated carbocycles. The molecule has 1 atom stereocenters. The van der Waals surface area contributed by atoms with Gasteiger partial charge in [-0.05, 0) is 37.3 Å². The van der Waals surface area contributed by atoms with E-state index in [1.807, 2.05) is 0 Å². The molecule has 0 bridgehead atoms. The summed E-state index contributed by atoms with van der Waals surface area (Å²) in [4.78, 5) is 31.7. The van der Waals surface area contributed by atoms with Crippen molar-refractivity contribution >= 4 is 5.91 Å². The van der Waals surface area contributed by atoms with Gasteiger partial charge in [0.25, 0.3) is 11.5 Å². The van der Waals surface area contributed by atoms with Gasteiger partial charge in [0.1, 0.15) is 5.56 Å². The molecule has 7 nitrogen and oxygen atoms in total. The summed E-state index contributed by atoms with van der Waals surface area (Å²) in [5.74, 6) is -0.270. The molecule has 0 spiro atoms. The van der Waals surface area contributed by atoms with Crippen molar-refractivity contribution in [2.24, 2.45) is 0 Å². The minimum atomic E-state index is -0.906. The van der Waals surface area contributed by atoms with Gasteiger partial charge in [-0.3, -0.25) is 14.5 Å². The van der Waals surface area contributed by atoms with Gasteiger partial charge >= 0.3 is 0 Å². The third-order valence-electron chi connectivity index (χ3n) is 5.56. The Bertz CT molecular complexity index is 726. The first-order valence-corrected chi connectivity index (χ1v) is 9.11. The van der Waals surface area contributed by atoms with Gasteiger partial charge < -0.3 is 19.7 Å². The van der Waals surface area contributed by atoms with E-state index in [4.69, 9.17) is 4.74 Å². The van der Waals surface area contributed by atoms with E-state index in [0.717, 1.165) is 43.6 Å². The van der Waals surface area contributed by atoms with E-state index >= 15 is 0 Å². The highest BCUT2D eigenvalue weighted by Gasteiger charge is 2.40. The van der Waals surface area contributed by atoms with Gasteiger partial charge in [-0.25, -0.2) is 0 Å². The molecule has 25 heavy (non-hydrogen) atoms. The quantitative estimate of drug-likeness (QED) is 0.789. The van der Waals surface area contributed by atoms with Crippen LogP contribution in [0.4, 0.5) is 0 Å². The fourth-order valence-electron chi connectivity index (χ4n) is 4.18. The summed E-state index contributed by atoms with van der Waals surface area (Å²) in [6.45, 7) is 4.28. The zero-order valence-electron chi connectivity index (χ0n) is 14.4. The minimum absolute atomic E-state index is 0.205. The molecule has 2 fully saturated rings. The summed E-state index contributed by atoms with van der Waals surface area (Å²) in [6, 6.07) is 1.75. The number of rotatable bonds is 3. The number of likely N-dealkylation sites (tertiary alicyclic amines) is 1. The molecule has 3 heterocycles. The van der Waals surface area contributed by atoms with Crippen molar-refractivity contribution < 1.29 is 14.6 Å². The molecule has 136 valence electrons. The third-order valence-corrected chi connectivity index (χ3v) is 5.56. The normalized spacial score (nSPS) is 26.8. The first-order valence-electron chi connectivity index (χ1n) is 9.11. The van der Waals surface area contributed by atoms with Gasteiger partial charge in [0.2, 0.25) is 0 Å². The molecule has 4 rings (SSSR count). The summed E-state index contributed by atoms with van der Waals surface area (Å²) < 4.78 is 5.34. The maximum atomic E-state index is 12.8. The van der Waals surface area contributed by atoms with Crippen molar-refractivity contribution in [3.63, 3.8) is 0 Å². The maximum Gasteiger partial charge on any atom is 0.261 e. The van der Waals surface area contributed by atoms with Crippen LogP contribution >= 0.6 is 0 Å². The molecule has 2 aliphatic heterocycles. The van der Waals surface area contributed by atoms with Crippen molar-refractivity contribution in [3.8, 4) is 0 Å². The molecular weight excluding hydrogens is 322 g/mol. The van der Waals surface area contributed by atoms with Crippen molar-refractivity contribution in [1.29, 1.82) is 0 Å². The van der Waals surface area contributed by atoms with E-state index in [1.54, 1.807) is 11.0 Å². The van der Waals surface area contributed by atoms with Gasteiger partial charge in [-0.15, -0.1) is 0 Å². The van der Waals surface area contributed by atoms with Crippen LogP contribution in [0.1, 0.15) is 34.5 Å². The van der Waals surface area contributed by atoms with Gasteiger partial charge in [-0.1, -0.05) is 0 Å². The van der Waals surface area contributed by atoms with Gasteiger partial charge in [0.15, 0.2) is 0 Å². The largest absolute Gasteiger partial charge is 0.387 e. The number of nitrogens with zero attached hydrogens (tertiary/aromatic N) is 2. The van der Waals surface area contributed by atoms with Crippen LogP contribution < -0.4 is 5.56 Å². The van der Waals surface area contributed by atoms with Crippen molar-refractivity contribution in [1.82, 2.24) is 14.8 Å². The average Bonchev–Trinajstić information content (AvgIpc) is 3.20. The molecule has 3 aliphatic rings. The standard InChI is InChI=1S/C18H25N3O4/c22-16-14(10-13-2-1-3-15(13)19-16)17(23)21-5-4-18(24,12-21)11-20-6-8-25-9-7-20/h10,24H,1-9,11-12H2,(H,19,22)/t18-/m1/s1. The highest BCUT2D eigenvalue weighted by molar-refractivity contribution is 5.94. The third kappa shape index (κ3) is 3.36. The van der Waals surface area contributed by atoms with Gasteiger partial charge in [0, 0.05) is 31.9 Å². The number of aromatic amines is 1. The molecule has 1 aromatic heterocycles. The maximum absolute atomic E-state index is 12.8. The fourth-order valence-corrected chi connectivity index (χ4v) is 4.18. The molecule has 1 amide bonds. The van der Waals surface area contributed by atoms with Crippen molar-refractivity contribution in [3.05, 3.63) is 33.2 Å². The first kappa shape index (κ1) is 16.8. The summed E-state index contributed by atoms with van der Waals surface area (Å²) in [5, 5.41) is 10.9. The first-order chi connectivity index (χ1) is 12.0. The number of hydrogen-bond donors (Lipinski definition) is 2. The predicted molar refractivity (Wildman–Crippen MR) is 91.8 cm³/mol. The number of aromatic nitrogens is 1. The predicted octanol–water partition coefficient (Wildman–Crippen LogP) is -0.227. The number of nitrogens with one attached hydrogen (secondary N) is 1. The number of amides is 1. The number of carbonyl (C=O) groups is 1. The lowest BCUT2D eigenvalue weighted by Gasteiger charge is -2.33. The Morgan fingerprint density at radius 3 is 2.88 bits per heavy atom. The molecule has 1 aromatic rings. The zero-order chi connectivity index (χ0) is 17.4. The second-order valence-electron chi connectivity index (χ2n) is 7.46.